The van der Waals surface area contributed by atoms with Crippen molar-refractivity contribution >= 4 is 15.8 Å². The zero-order valence-corrected chi connectivity index (χ0v) is 9.96. The maximum Gasteiger partial charge on any atom is 0.336 e. The molecule has 0 radical (unpaired) electrons. The lowest BCUT2D eigenvalue weighted by atomic mass is 10.1. The molecule has 6 nitrogen and oxygen atoms in total. The van der Waals surface area contributed by atoms with Crippen molar-refractivity contribution in [2.45, 2.75) is 30.6 Å². The summed E-state index contributed by atoms with van der Waals surface area (Å²) in [6.45, 7) is 1.21. The van der Waals surface area contributed by atoms with Gasteiger partial charge < -0.3 is 15.5 Å². The lowest BCUT2D eigenvalue weighted by Crippen LogP contribution is -2.46. The summed E-state index contributed by atoms with van der Waals surface area (Å²) in [5, 5.41) is 20.3. The summed E-state index contributed by atoms with van der Waals surface area (Å²) in [6.07, 6.45) is 1.26. The predicted octanol–water partition coefficient (Wildman–Crippen LogP) is -1.01. The number of sulfone groups is 1. The highest BCUT2D eigenvalue weighted by Gasteiger charge is 2.33. The Kier molecular flexibility index (Phi) is 3.92. The Bertz CT molecular complexity index is 362. The molecule has 0 saturated carbocycles. The molecule has 7 heteroatoms. The molecule has 1 rings (SSSR count). The van der Waals surface area contributed by atoms with E-state index in [1.54, 1.807) is 0 Å². The molecule has 1 aliphatic heterocycles. The number of nitrogens with one attached hydrogen (secondary N) is 1. The van der Waals surface area contributed by atoms with Crippen LogP contribution in [-0.2, 0) is 14.6 Å². The highest BCUT2D eigenvalue weighted by Crippen LogP contribution is 2.19. The third-order valence-corrected chi connectivity index (χ3v) is 5.04. The van der Waals surface area contributed by atoms with Gasteiger partial charge in [0.15, 0.2) is 15.4 Å². The van der Waals surface area contributed by atoms with Crippen LogP contribution in [0.5, 0.6) is 0 Å². The van der Waals surface area contributed by atoms with E-state index in [9.17, 15) is 18.3 Å². The molecule has 0 aromatic carbocycles. The molecule has 1 heterocycles. The minimum absolute atomic E-state index is 0.158. The quantitative estimate of drug-likeness (QED) is 0.578. The van der Waals surface area contributed by atoms with Crippen LogP contribution >= 0.6 is 0 Å². The molecule has 1 fully saturated rings. The van der Waals surface area contributed by atoms with E-state index in [0.717, 1.165) is 0 Å². The Labute approximate surface area is 94.6 Å². The average molecular weight is 251 g/mol. The normalized spacial score (nSPS) is 27.5. The molecule has 3 N–H and O–H groups in total. The van der Waals surface area contributed by atoms with Gasteiger partial charge in [-0.25, -0.2) is 13.2 Å². The van der Waals surface area contributed by atoms with Crippen LogP contribution in [0, 0.1) is 0 Å². The monoisotopic (exact) mass is 251 g/mol. The van der Waals surface area contributed by atoms with Crippen molar-refractivity contribution in [1.29, 1.82) is 0 Å². The largest absolute Gasteiger partial charge is 0.479 e. The number of aliphatic carboxylic acids is 1. The number of hydrogen-bond donors (Lipinski definition) is 3. The van der Waals surface area contributed by atoms with Gasteiger partial charge in [-0.2, -0.15) is 0 Å². The van der Waals surface area contributed by atoms with Crippen molar-refractivity contribution in [3.63, 3.8) is 0 Å². The van der Waals surface area contributed by atoms with Gasteiger partial charge in [0, 0.05) is 13.1 Å². The molecule has 1 aliphatic rings. The summed E-state index contributed by atoms with van der Waals surface area (Å²) < 4.78 is 22.9. The van der Waals surface area contributed by atoms with Crippen molar-refractivity contribution in [2.24, 2.45) is 0 Å². The Morgan fingerprint density at radius 2 is 2.19 bits per heavy atom. The van der Waals surface area contributed by atoms with E-state index in [1.165, 1.54) is 6.92 Å². The number of carboxylic acids is 1. The van der Waals surface area contributed by atoms with Crippen molar-refractivity contribution < 1.29 is 23.4 Å². The van der Waals surface area contributed by atoms with Gasteiger partial charge in [0.1, 0.15) is 0 Å². The minimum Gasteiger partial charge on any atom is -0.479 e. The maximum atomic E-state index is 11.4. The van der Waals surface area contributed by atoms with Gasteiger partial charge in [0.25, 0.3) is 0 Å². The standard InChI is InChI=1S/C9H17NO5S/c1-9(13,8(11)12)6-10-5-7-3-2-4-16(7,14)15/h7,10,13H,2-6H2,1H3,(H,11,12). The Balaban J connectivity index is 2.39. The van der Waals surface area contributed by atoms with Crippen LogP contribution in [0.25, 0.3) is 0 Å². The fraction of sp³-hybridized carbons (Fsp3) is 0.889. The topological polar surface area (TPSA) is 104 Å². The smallest absolute Gasteiger partial charge is 0.336 e. The van der Waals surface area contributed by atoms with Crippen molar-refractivity contribution in [3.8, 4) is 0 Å². The first-order chi connectivity index (χ1) is 7.26. The second-order valence-electron chi connectivity index (χ2n) is 4.34. The molecule has 0 amide bonds. The number of aliphatic hydroxyl groups is 1. The number of carbonyl (C=O) groups is 1. The molecule has 2 unspecified atom stereocenters. The van der Waals surface area contributed by atoms with Gasteiger partial charge in [0.05, 0.1) is 11.0 Å². The van der Waals surface area contributed by atoms with Gasteiger partial charge in [-0.15, -0.1) is 0 Å². The van der Waals surface area contributed by atoms with Gasteiger partial charge in [-0.3, -0.25) is 0 Å². The molecule has 16 heavy (non-hydrogen) atoms. The van der Waals surface area contributed by atoms with E-state index in [-0.39, 0.29) is 18.8 Å². The van der Waals surface area contributed by atoms with Gasteiger partial charge in [-0.1, -0.05) is 0 Å². The fourth-order valence-electron chi connectivity index (χ4n) is 1.64. The fourth-order valence-corrected chi connectivity index (χ4v) is 3.44. The zero-order valence-electron chi connectivity index (χ0n) is 9.14. The summed E-state index contributed by atoms with van der Waals surface area (Å²) in [5.74, 6) is -1.12. The van der Waals surface area contributed by atoms with E-state index in [1.807, 2.05) is 0 Å². The van der Waals surface area contributed by atoms with Crippen LogP contribution in [0.3, 0.4) is 0 Å². The van der Waals surface area contributed by atoms with Gasteiger partial charge in [0.2, 0.25) is 0 Å². The van der Waals surface area contributed by atoms with E-state index >= 15 is 0 Å². The number of carboxylic acid groups (broad SMARTS) is 1. The summed E-state index contributed by atoms with van der Waals surface area (Å²) in [7, 11) is -3.02. The van der Waals surface area contributed by atoms with E-state index in [4.69, 9.17) is 5.11 Å². The molecule has 0 bridgehead atoms. The summed E-state index contributed by atoms with van der Waals surface area (Å²) >= 11 is 0. The summed E-state index contributed by atoms with van der Waals surface area (Å²) in [6, 6.07) is 0. The molecular weight excluding hydrogens is 234 g/mol. The molecule has 2 atom stereocenters. The highest BCUT2D eigenvalue weighted by atomic mass is 32.2. The second-order valence-corrected chi connectivity index (χ2v) is 6.74. The van der Waals surface area contributed by atoms with Crippen molar-refractivity contribution in [3.05, 3.63) is 0 Å². The van der Waals surface area contributed by atoms with Crippen LogP contribution in [-0.4, -0.2) is 54.3 Å². The average Bonchev–Trinajstić information content (AvgIpc) is 2.45. The van der Waals surface area contributed by atoms with E-state index < -0.39 is 26.7 Å². The Morgan fingerprint density at radius 3 is 2.62 bits per heavy atom. The zero-order chi connectivity index (χ0) is 12.4. The van der Waals surface area contributed by atoms with Gasteiger partial charge >= 0.3 is 5.97 Å². The summed E-state index contributed by atoms with van der Waals surface area (Å²) in [4.78, 5) is 10.6. The third-order valence-electron chi connectivity index (χ3n) is 2.76. The maximum absolute atomic E-state index is 11.4. The van der Waals surface area contributed by atoms with Gasteiger partial charge in [-0.05, 0) is 19.8 Å². The summed E-state index contributed by atoms with van der Waals surface area (Å²) in [5.41, 5.74) is -1.86. The highest BCUT2D eigenvalue weighted by molar-refractivity contribution is 7.92. The Hall–Kier alpha value is -0.660. The first-order valence-electron chi connectivity index (χ1n) is 5.14. The van der Waals surface area contributed by atoms with Crippen LogP contribution in [0.4, 0.5) is 0 Å². The molecule has 0 spiro atoms. The molecular formula is C9H17NO5S. The molecule has 0 aliphatic carbocycles. The predicted molar refractivity (Wildman–Crippen MR) is 57.9 cm³/mol. The van der Waals surface area contributed by atoms with E-state index in [2.05, 4.69) is 5.32 Å². The minimum atomic E-state index is -3.02. The van der Waals surface area contributed by atoms with Crippen LogP contribution in [0.15, 0.2) is 0 Å². The molecule has 94 valence electrons. The van der Waals surface area contributed by atoms with Crippen molar-refractivity contribution in [2.75, 3.05) is 18.8 Å². The molecule has 0 aromatic heterocycles. The van der Waals surface area contributed by atoms with Crippen LogP contribution < -0.4 is 5.32 Å². The van der Waals surface area contributed by atoms with Crippen LogP contribution in [0.2, 0.25) is 0 Å². The SMILES string of the molecule is CC(O)(CNCC1CCCS1(=O)=O)C(=O)O. The second kappa shape index (κ2) is 4.68. The van der Waals surface area contributed by atoms with Crippen LogP contribution in [0.1, 0.15) is 19.8 Å². The molecule has 1 saturated heterocycles. The Morgan fingerprint density at radius 1 is 1.56 bits per heavy atom. The van der Waals surface area contributed by atoms with E-state index in [0.29, 0.717) is 12.8 Å². The lowest BCUT2D eigenvalue weighted by Gasteiger charge is -2.19. The first kappa shape index (κ1) is 13.4. The number of hydrogen-bond acceptors (Lipinski definition) is 5. The number of rotatable bonds is 5. The third kappa shape index (κ3) is 3.16. The molecule has 0 aromatic rings. The first-order valence-corrected chi connectivity index (χ1v) is 6.85. The lowest BCUT2D eigenvalue weighted by molar-refractivity contribution is -0.156. The van der Waals surface area contributed by atoms with Crippen molar-refractivity contribution in [1.82, 2.24) is 5.32 Å².